The van der Waals surface area contributed by atoms with Gasteiger partial charge in [0.25, 0.3) is 0 Å². The first kappa shape index (κ1) is 23.5. The van der Waals surface area contributed by atoms with Crippen LogP contribution in [0.2, 0.25) is 0 Å². The third-order valence-corrected chi connectivity index (χ3v) is 7.35. The average Bonchev–Trinajstić information content (AvgIpc) is 3.15. The van der Waals surface area contributed by atoms with Crippen molar-refractivity contribution in [2.75, 3.05) is 0 Å². The summed E-state index contributed by atoms with van der Waals surface area (Å²) in [5.41, 5.74) is 3.11. The highest BCUT2D eigenvalue weighted by Crippen LogP contribution is 2.36. The Bertz CT molecular complexity index is 1510. The van der Waals surface area contributed by atoms with Crippen LogP contribution in [0.4, 0.5) is 0 Å². The lowest BCUT2D eigenvalue weighted by Gasteiger charge is -2.32. The molecule has 0 aliphatic carbocycles. The molecule has 182 valence electrons. The van der Waals surface area contributed by atoms with Gasteiger partial charge in [0.05, 0.1) is 11.2 Å². The summed E-state index contributed by atoms with van der Waals surface area (Å²) < 4.78 is 12.5. The van der Waals surface area contributed by atoms with Crippen LogP contribution in [0.3, 0.4) is 0 Å². The fourth-order valence-corrected chi connectivity index (χ4v) is 4.47. The van der Waals surface area contributed by atoms with Crippen LogP contribution < -0.4 is 5.46 Å². The summed E-state index contributed by atoms with van der Waals surface area (Å²) in [6.45, 7) is 8.29. The minimum absolute atomic E-state index is 0.373. The topological polar surface area (TPSA) is 57.1 Å². The van der Waals surface area contributed by atoms with Crippen molar-refractivity contribution in [2.45, 2.75) is 38.9 Å². The zero-order chi connectivity index (χ0) is 25.6. The molecule has 1 aliphatic rings. The predicted molar refractivity (Wildman–Crippen MR) is 149 cm³/mol. The first-order chi connectivity index (χ1) is 17.8. The van der Waals surface area contributed by atoms with E-state index < -0.39 is 0 Å². The van der Waals surface area contributed by atoms with Gasteiger partial charge in [0.2, 0.25) is 0 Å². The zero-order valence-electron chi connectivity index (χ0n) is 21.5. The lowest BCUT2D eigenvalue weighted by atomic mass is 9.78. The van der Waals surface area contributed by atoms with Gasteiger partial charge in [-0.15, -0.1) is 0 Å². The van der Waals surface area contributed by atoms with Gasteiger partial charge in [-0.2, -0.15) is 0 Å². The van der Waals surface area contributed by atoms with Crippen molar-refractivity contribution in [1.82, 2.24) is 15.0 Å². The molecule has 1 saturated heterocycles. The molecule has 5 nitrogen and oxygen atoms in total. The molecule has 1 aromatic heterocycles. The van der Waals surface area contributed by atoms with Crippen LogP contribution in [0.15, 0.2) is 97.1 Å². The summed E-state index contributed by atoms with van der Waals surface area (Å²) in [4.78, 5) is 14.5. The molecule has 6 heteroatoms. The molecule has 1 aliphatic heterocycles. The maximum atomic E-state index is 6.25. The molecule has 0 unspecified atom stereocenters. The van der Waals surface area contributed by atoms with Crippen LogP contribution in [0.5, 0.6) is 0 Å². The molecule has 5 aromatic rings. The summed E-state index contributed by atoms with van der Waals surface area (Å²) in [6, 6.07) is 32.7. The van der Waals surface area contributed by atoms with Crippen molar-refractivity contribution in [1.29, 1.82) is 0 Å². The molecule has 0 radical (unpaired) electrons. The molecule has 0 bridgehead atoms. The van der Waals surface area contributed by atoms with Gasteiger partial charge in [-0.25, -0.2) is 15.0 Å². The zero-order valence-corrected chi connectivity index (χ0v) is 21.5. The fraction of sp³-hybridized carbons (Fsp3) is 0.194. The van der Waals surface area contributed by atoms with E-state index in [0.29, 0.717) is 17.5 Å². The standard InChI is InChI=1S/C31H28BN3O2/c1-30(2)31(3,4)37-32(36-30)26-18-17-23-19-25(16-15-24(23)20-26)29-34-27(21-11-7-5-8-12-21)33-28(35-29)22-13-9-6-10-14-22/h5-20H,1-4H3. The molecule has 1 fully saturated rings. The van der Waals surface area contributed by atoms with Crippen molar-refractivity contribution in [3.8, 4) is 34.2 Å². The normalized spacial score (nSPS) is 16.3. The molecule has 0 N–H and O–H groups in total. The van der Waals surface area contributed by atoms with E-state index in [4.69, 9.17) is 24.3 Å². The van der Waals surface area contributed by atoms with E-state index in [2.05, 4.69) is 64.1 Å². The third-order valence-electron chi connectivity index (χ3n) is 7.35. The molecular formula is C31H28BN3O2. The number of rotatable bonds is 4. The van der Waals surface area contributed by atoms with Crippen molar-refractivity contribution in [2.24, 2.45) is 0 Å². The maximum Gasteiger partial charge on any atom is 0.494 e. The molecule has 37 heavy (non-hydrogen) atoms. The predicted octanol–water partition coefficient (Wildman–Crippen LogP) is 6.33. The first-order valence-corrected chi connectivity index (χ1v) is 12.6. The Morgan fingerprint density at radius 1 is 0.514 bits per heavy atom. The van der Waals surface area contributed by atoms with Gasteiger partial charge in [0, 0.05) is 16.7 Å². The molecule has 6 rings (SSSR count). The summed E-state index contributed by atoms with van der Waals surface area (Å²) >= 11 is 0. The van der Waals surface area contributed by atoms with Crippen LogP contribution in [0.25, 0.3) is 44.9 Å². The van der Waals surface area contributed by atoms with Crippen LogP contribution in [-0.4, -0.2) is 33.3 Å². The second kappa shape index (κ2) is 8.91. The quantitative estimate of drug-likeness (QED) is 0.279. The molecule has 0 atom stereocenters. The Labute approximate surface area is 217 Å². The number of hydrogen-bond donors (Lipinski definition) is 0. The van der Waals surface area contributed by atoms with Gasteiger partial charge in [-0.05, 0) is 50.0 Å². The number of hydrogen-bond acceptors (Lipinski definition) is 5. The Balaban J connectivity index is 1.40. The number of nitrogens with zero attached hydrogens (tertiary/aromatic N) is 3. The van der Waals surface area contributed by atoms with Crippen LogP contribution >= 0.6 is 0 Å². The summed E-state index contributed by atoms with van der Waals surface area (Å²) in [7, 11) is -0.389. The SMILES string of the molecule is CC1(C)OB(c2ccc3cc(-c4nc(-c5ccccc5)nc(-c5ccccc5)n4)ccc3c2)OC1(C)C. The van der Waals surface area contributed by atoms with Crippen LogP contribution in [0, 0.1) is 0 Å². The van der Waals surface area contributed by atoms with E-state index in [1.54, 1.807) is 0 Å². The van der Waals surface area contributed by atoms with Gasteiger partial charge in [-0.1, -0.05) is 91.0 Å². The average molecular weight is 485 g/mol. The minimum Gasteiger partial charge on any atom is -0.399 e. The molecule has 4 aromatic carbocycles. The largest absolute Gasteiger partial charge is 0.494 e. The Hall–Kier alpha value is -3.87. The van der Waals surface area contributed by atoms with Crippen molar-refractivity contribution in [3.05, 3.63) is 97.1 Å². The lowest BCUT2D eigenvalue weighted by Crippen LogP contribution is -2.41. The first-order valence-electron chi connectivity index (χ1n) is 12.6. The third kappa shape index (κ3) is 4.43. The van der Waals surface area contributed by atoms with E-state index in [9.17, 15) is 0 Å². The Kier molecular flexibility index (Phi) is 5.66. The van der Waals surface area contributed by atoms with Crippen molar-refractivity contribution < 1.29 is 9.31 Å². The van der Waals surface area contributed by atoms with Gasteiger partial charge < -0.3 is 9.31 Å². The van der Waals surface area contributed by atoms with E-state index in [-0.39, 0.29) is 18.3 Å². The Morgan fingerprint density at radius 2 is 0.973 bits per heavy atom. The minimum atomic E-state index is -0.389. The molecular weight excluding hydrogens is 457 g/mol. The number of fused-ring (bicyclic) bond motifs is 1. The number of aromatic nitrogens is 3. The lowest BCUT2D eigenvalue weighted by molar-refractivity contribution is 0.00578. The maximum absolute atomic E-state index is 6.25. The van der Waals surface area contributed by atoms with Crippen LogP contribution in [-0.2, 0) is 9.31 Å². The highest BCUT2D eigenvalue weighted by Gasteiger charge is 2.51. The molecule has 0 spiro atoms. The summed E-state index contributed by atoms with van der Waals surface area (Å²) in [6.07, 6.45) is 0. The second-order valence-corrected chi connectivity index (χ2v) is 10.4. The fourth-order valence-electron chi connectivity index (χ4n) is 4.47. The highest BCUT2D eigenvalue weighted by atomic mass is 16.7. The highest BCUT2D eigenvalue weighted by molar-refractivity contribution is 6.62. The van der Waals surface area contributed by atoms with Crippen molar-refractivity contribution in [3.63, 3.8) is 0 Å². The van der Waals surface area contributed by atoms with E-state index in [0.717, 1.165) is 32.9 Å². The monoisotopic (exact) mass is 485 g/mol. The smallest absolute Gasteiger partial charge is 0.399 e. The van der Waals surface area contributed by atoms with E-state index >= 15 is 0 Å². The second-order valence-electron chi connectivity index (χ2n) is 10.4. The number of benzene rings is 4. The Morgan fingerprint density at radius 3 is 1.51 bits per heavy atom. The van der Waals surface area contributed by atoms with Gasteiger partial charge in [0.15, 0.2) is 17.5 Å². The van der Waals surface area contributed by atoms with E-state index in [1.807, 2.05) is 60.7 Å². The molecule has 2 heterocycles. The van der Waals surface area contributed by atoms with Gasteiger partial charge in [0.1, 0.15) is 0 Å². The van der Waals surface area contributed by atoms with E-state index in [1.165, 1.54) is 0 Å². The summed E-state index contributed by atoms with van der Waals surface area (Å²) in [5, 5.41) is 2.21. The van der Waals surface area contributed by atoms with Gasteiger partial charge >= 0.3 is 7.12 Å². The summed E-state index contributed by atoms with van der Waals surface area (Å²) in [5.74, 6) is 1.95. The van der Waals surface area contributed by atoms with Gasteiger partial charge in [-0.3, -0.25) is 0 Å². The van der Waals surface area contributed by atoms with Crippen molar-refractivity contribution >= 4 is 23.4 Å². The molecule has 0 saturated carbocycles. The van der Waals surface area contributed by atoms with Crippen LogP contribution in [0.1, 0.15) is 27.7 Å². The molecule has 0 amide bonds.